The van der Waals surface area contributed by atoms with Crippen molar-refractivity contribution < 1.29 is 28.2 Å². The molecule has 7 heteroatoms. The molecule has 0 aliphatic carbocycles. The Morgan fingerprint density at radius 2 is 1.94 bits per heavy atom. The van der Waals surface area contributed by atoms with Gasteiger partial charge in [0.15, 0.2) is 5.41 Å². The number of carboxylic acids is 1. The number of carbonyl (C=O) groups is 1. The molecule has 0 aliphatic rings. The summed E-state index contributed by atoms with van der Waals surface area (Å²) in [6.07, 6.45) is -5.05. The van der Waals surface area contributed by atoms with Gasteiger partial charge in [0.05, 0.1) is 0 Å². The summed E-state index contributed by atoms with van der Waals surface area (Å²) in [7, 11) is 0. The predicted octanol–water partition coefficient (Wildman–Crippen LogP) is 1.24. The highest BCUT2D eigenvalue weighted by Crippen LogP contribution is 2.41. The van der Waals surface area contributed by atoms with E-state index in [1.54, 1.807) is 0 Å². The highest BCUT2D eigenvalue weighted by molar-refractivity contribution is 5.83. The van der Waals surface area contributed by atoms with Crippen molar-refractivity contribution in [1.82, 2.24) is 0 Å². The molecule has 0 fully saturated rings. The zero-order valence-electron chi connectivity index (χ0n) is 8.53. The van der Waals surface area contributed by atoms with Crippen LogP contribution in [-0.2, 0) is 10.2 Å². The second-order valence-corrected chi connectivity index (χ2v) is 3.46. The molecule has 0 aromatic heterocycles. The van der Waals surface area contributed by atoms with E-state index >= 15 is 0 Å². The highest BCUT2D eigenvalue weighted by Gasteiger charge is 2.61. The summed E-state index contributed by atoms with van der Waals surface area (Å²) in [5, 5.41) is 17.9. The lowest BCUT2D eigenvalue weighted by molar-refractivity contribution is -0.203. The Morgan fingerprint density at radius 3 is 2.29 bits per heavy atom. The number of hydrogen-bond donors (Lipinski definition) is 3. The van der Waals surface area contributed by atoms with E-state index in [2.05, 4.69) is 0 Å². The van der Waals surface area contributed by atoms with Crippen LogP contribution in [0.5, 0.6) is 5.75 Å². The lowest BCUT2D eigenvalue weighted by Gasteiger charge is -2.30. The van der Waals surface area contributed by atoms with Crippen LogP contribution in [0.2, 0.25) is 0 Å². The Bertz CT molecular complexity index is 433. The van der Waals surface area contributed by atoms with Crippen LogP contribution >= 0.6 is 0 Å². The number of phenols is 1. The van der Waals surface area contributed by atoms with E-state index < -0.39 is 35.4 Å². The summed E-state index contributed by atoms with van der Waals surface area (Å²) in [6, 6.07) is 3.98. The monoisotopic (exact) mass is 249 g/mol. The fraction of sp³-hybridized carbons (Fsp3) is 0.300. The van der Waals surface area contributed by atoms with Gasteiger partial charge in [-0.25, -0.2) is 0 Å². The Balaban J connectivity index is 3.49. The highest BCUT2D eigenvalue weighted by atomic mass is 19.4. The molecule has 0 saturated heterocycles. The summed E-state index contributed by atoms with van der Waals surface area (Å²) in [5.41, 5.74) is 1.19. The van der Waals surface area contributed by atoms with Gasteiger partial charge in [-0.2, -0.15) is 13.2 Å². The molecule has 4 nitrogen and oxygen atoms in total. The van der Waals surface area contributed by atoms with Gasteiger partial charge in [0.1, 0.15) is 5.75 Å². The molecule has 0 saturated carbocycles. The number of rotatable bonds is 3. The van der Waals surface area contributed by atoms with Gasteiger partial charge in [-0.05, 0) is 17.7 Å². The number of alkyl halides is 3. The van der Waals surface area contributed by atoms with E-state index in [0.717, 1.165) is 24.3 Å². The minimum atomic E-state index is -5.05. The second-order valence-electron chi connectivity index (χ2n) is 3.46. The third-order valence-electron chi connectivity index (χ3n) is 2.49. The number of halogens is 3. The van der Waals surface area contributed by atoms with E-state index in [9.17, 15) is 18.0 Å². The number of hydrogen-bond acceptors (Lipinski definition) is 3. The molecule has 0 aliphatic heterocycles. The van der Waals surface area contributed by atoms with Gasteiger partial charge >= 0.3 is 12.1 Å². The Morgan fingerprint density at radius 1 is 1.35 bits per heavy atom. The molecule has 0 radical (unpaired) electrons. The third kappa shape index (κ3) is 2.05. The topological polar surface area (TPSA) is 83.6 Å². The van der Waals surface area contributed by atoms with Crippen LogP contribution < -0.4 is 5.73 Å². The first kappa shape index (κ1) is 13.3. The summed E-state index contributed by atoms with van der Waals surface area (Å²) in [6.45, 7) is -1.14. The van der Waals surface area contributed by atoms with Crippen molar-refractivity contribution in [3.63, 3.8) is 0 Å². The quantitative estimate of drug-likeness (QED) is 0.752. The first-order chi connectivity index (χ1) is 7.75. The predicted molar refractivity (Wildman–Crippen MR) is 52.5 cm³/mol. The van der Waals surface area contributed by atoms with Crippen molar-refractivity contribution in [3.05, 3.63) is 29.8 Å². The summed E-state index contributed by atoms with van der Waals surface area (Å²) >= 11 is 0. The maximum Gasteiger partial charge on any atom is 0.410 e. The normalized spacial score (nSPS) is 15.3. The van der Waals surface area contributed by atoms with Gasteiger partial charge in [0, 0.05) is 6.54 Å². The molecule has 1 aromatic rings. The Hall–Kier alpha value is -1.76. The Kier molecular flexibility index (Phi) is 3.33. The van der Waals surface area contributed by atoms with Crippen LogP contribution in [0.25, 0.3) is 0 Å². The van der Waals surface area contributed by atoms with Gasteiger partial charge in [0.25, 0.3) is 0 Å². The van der Waals surface area contributed by atoms with Crippen molar-refractivity contribution in [2.24, 2.45) is 5.73 Å². The van der Waals surface area contributed by atoms with Crippen LogP contribution in [0.4, 0.5) is 13.2 Å². The lowest BCUT2D eigenvalue weighted by Crippen LogP contribution is -2.54. The summed E-state index contributed by atoms with van der Waals surface area (Å²) in [5.74, 6) is -2.55. The molecule has 17 heavy (non-hydrogen) atoms. The van der Waals surface area contributed by atoms with E-state index in [1.165, 1.54) is 0 Å². The standard InChI is InChI=1S/C10H10F3NO3/c11-10(12,13)9(5-14,8(16)17)6-2-1-3-7(15)4-6/h1-4,15H,5,14H2,(H,16,17). The molecule has 4 N–H and O–H groups in total. The second kappa shape index (κ2) is 4.25. The number of aromatic hydroxyl groups is 1. The number of benzene rings is 1. The molecule has 1 rings (SSSR count). The van der Waals surface area contributed by atoms with Crippen LogP contribution in [0.3, 0.4) is 0 Å². The maximum absolute atomic E-state index is 12.9. The molecule has 1 aromatic carbocycles. The number of carboxylic acid groups (broad SMARTS) is 1. The molecular formula is C10H10F3NO3. The molecule has 0 heterocycles. The average Bonchev–Trinajstić information content (AvgIpc) is 2.16. The van der Waals surface area contributed by atoms with Crippen molar-refractivity contribution >= 4 is 5.97 Å². The molecular weight excluding hydrogens is 239 g/mol. The van der Waals surface area contributed by atoms with Crippen molar-refractivity contribution in [2.75, 3.05) is 6.54 Å². The Labute approximate surface area is 94.5 Å². The molecule has 0 spiro atoms. The molecule has 1 unspecified atom stereocenters. The SMILES string of the molecule is NCC(C(=O)O)(c1cccc(O)c1)C(F)(F)F. The largest absolute Gasteiger partial charge is 0.508 e. The zero-order valence-corrected chi connectivity index (χ0v) is 8.53. The van der Waals surface area contributed by atoms with Crippen molar-refractivity contribution in [3.8, 4) is 5.75 Å². The first-order valence-electron chi connectivity index (χ1n) is 4.55. The van der Waals surface area contributed by atoms with Crippen molar-refractivity contribution in [1.29, 1.82) is 0 Å². The fourth-order valence-electron chi connectivity index (χ4n) is 1.50. The van der Waals surface area contributed by atoms with Gasteiger partial charge in [0.2, 0.25) is 0 Å². The molecule has 1 atom stereocenters. The van der Waals surface area contributed by atoms with Crippen LogP contribution in [0.15, 0.2) is 24.3 Å². The first-order valence-corrected chi connectivity index (χ1v) is 4.55. The number of phenolic OH excluding ortho intramolecular Hbond substituents is 1. The molecule has 0 amide bonds. The summed E-state index contributed by atoms with van der Waals surface area (Å²) in [4.78, 5) is 10.9. The third-order valence-corrected chi connectivity index (χ3v) is 2.49. The van der Waals surface area contributed by atoms with Crippen molar-refractivity contribution in [2.45, 2.75) is 11.6 Å². The van der Waals surface area contributed by atoms with E-state index in [1.807, 2.05) is 0 Å². The van der Waals surface area contributed by atoms with Gasteiger partial charge in [-0.3, -0.25) is 4.79 Å². The van der Waals surface area contributed by atoms with Crippen LogP contribution in [0, 0.1) is 0 Å². The minimum Gasteiger partial charge on any atom is -0.508 e. The van der Waals surface area contributed by atoms with E-state index in [4.69, 9.17) is 15.9 Å². The maximum atomic E-state index is 12.9. The number of aliphatic carboxylic acids is 1. The molecule has 94 valence electrons. The summed E-state index contributed by atoms with van der Waals surface area (Å²) < 4.78 is 38.7. The smallest absolute Gasteiger partial charge is 0.410 e. The minimum absolute atomic E-state index is 0.453. The zero-order chi connectivity index (χ0) is 13.3. The van der Waals surface area contributed by atoms with E-state index in [-0.39, 0.29) is 0 Å². The fourth-order valence-corrected chi connectivity index (χ4v) is 1.50. The van der Waals surface area contributed by atoms with Gasteiger partial charge < -0.3 is 15.9 Å². The van der Waals surface area contributed by atoms with Gasteiger partial charge in [-0.15, -0.1) is 0 Å². The van der Waals surface area contributed by atoms with E-state index in [0.29, 0.717) is 0 Å². The average molecular weight is 249 g/mol. The van der Waals surface area contributed by atoms with Crippen LogP contribution in [0.1, 0.15) is 5.56 Å². The van der Waals surface area contributed by atoms with Crippen LogP contribution in [-0.4, -0.2) is 28.9 Å². The molecule has 0 bridgehead atoms. The van der Waals surface area contributed by atoms with Gasteiger partial charge in [-0.1, -0.05) is 12.1 Å². The number of nitrogens with two attached hydrogens (primary N) is 1. The lowest BCUT2D eigenvalue weighted by atomic mass is 9.79.